The number of hydrogen-bond donors (Lipinski definition) is 2. The van der Waals surface area contributed by atoms with Gasteiger partial charge in [0.25, 0.3) is 0 Å². The Labute approximate surface area is 168 Å². The summed E-state index contributed by atoms with van der Waals surface area (Å²) in [6.07, 6.45) is 5.46. The summed E-state index contributed by atoms with van der Waals surface area (Å²) in [6, 6.07) is 15.3. The van der Waals surface area contributed by atoms with Gasteiger partial charge >= 0.3 is 0 Å². The Hall–Kier alpha value is -3.58. The third-order valence-corrected chi connectivity index (χ3v) is 4.75. The maximum absolute atomic E-state index is 12.5. The van der Waals surface area contributed by atoms with Crippen molar-refractivity contribution >= 4 is 16.8 Å². The molecule has 7 heteroatoms. The van der Waals surface area contributed by atoms with E-state index in [1.54, 1.807) is 18.6 Å². The number of fused-ring (bicyclic) bond motifs is 1. The maximum atomic E-state index is 12.5. The Bertz CT molecular complexity index is 1140. The van der Waals surface area contributed by atoms with Crippen LogP contribution in [0.25, 0.3) is 16.6 Å². The Kier molecular flexibility index (Phi) is 5.31. The largest absolute Gasteiger partial charge is 0.348 e. The highest BCUT2D eigenvalue weighted by Crippen LogP contribution is 2.19. The van der Waals surface area contributed by atoms with E-state index in [1.165, 1.54) is 0 Å². The molecule has 1 unspecified atom stereocenters. The van der Waals surface area contributed by atoms with Crippen LogP contribution in [0.4, 0.5) is 0 Å². The second kappa shape index (κ2) is 8.20. The number of carbonyl (C=O) groups excluding carboxylic acids is 1. The highest BCUT2D eigenvalue weighted by Gasteiger charge is 2.14. The highest BCUT2D eigenvalue weighted by molar-refractivity contribution is 5.83. The van der Waals surface area contributed by atoms with Crippen LogP contribution in [0.5, 0.6) is 0 Å². The first-order valence-electron chi connectivity index (χ1n) is 9.44. The molecule has 3 aromatic heterocycles. The van der Waals surface area contributed by atoms with E-state index in [4.69, 9.17) is 5.73 Å². The van der Waals surface area contributed by atoms with E-state index in [-0.39, 0.29) is 18.4 Å². The Morgan fingerprint density at radius 1 is 1.14 bits per heavy atom. The zero-order valence-electron chi connectivity index (χ0n) is 16.1. The molecule has 0 bridgehead atoms. The van der Waals surface area contributed by atoms with Crippen LogP contribution in [-0.2, 0) is 11.2 Å². The van der Waals surface area contributed by atoms with Gasteiger partial charge in [-0.25, -0.2) is 4.68 Å². The molecule has 0 radical (unpaired) electrons. The molecule has 3 heterocycles. The Morgan fingerprint density at radius 3 is 2.72 bits per heavy atom. The molecule has 1 amide bonds. The van der Waals surface area contributed by atoms with Crippen LogP contribution >= 0.6 is 0 Å². The third-order valence-electron chi connectivity index (χ3n) is 4.75. The van der Waals surface area contributed by atoms with Gasteiger partial charge in [-0.2, -0.15) is 5.10 Å². The number of nitrogens with one attached hydrogen (secondary N) is 1. The number of nitrogens with zero attached hydrogens (tertiary/aromatic N) is 4. The SMILES string of the molecule is Cc1cc(-n2ncc3cc(CC(=O)NC(CN)c4ccccc4)ncc32)ccn1. The molecule has 7 nitrogen and oxygen atoms in total. The molecule has 0 aliphatic heterocycles. The van der Waals surface area contributed by atoms with Gasteiger partial charge in [0.1, 0.15) is 0 Å². The molecule has 4 rings (SSSR count). The molecule has 0 saturated heterocycles. The second-order valence-corrected chi connectivity index (χ2v) is 6.89. The first-order valence-corrected chi connectivity index (χ1v) is 9.44. The van der Waals surface area contributed by atoms with Crippen molar-refractivity contribution < 1.29 is 4.79 Å². The van der Waals surface area contributed by atoms with E-state index in [0.29, 0.717) is 12.2 Å². The quantitative estimate of drug-likeness (QED) is 0.530. The van der Waals surface area contributed by atoms with E-state index in [2.05, 4.69) is 20.4 Å². The molecule has 0 spiro atoms. The summed E-state index contributed by atoms with van der Waals surface area (Å²) in [5, 5.41) is 8.37. The Balaban J connectivity index is 1.51. The number of nitrogens with two attached hydrogens (primary N) is 1. The molecule has 4 aromatic rings. The van der Waals surface area contributed by atoms with Crippen LogP contribution in [-0.4, -0.2) is 32.2 Å². The summed E-state index contributed by atoms with van der Waals surface area (Å²) in [5.74, 6) is -0.117. The third kappa shape index (κ3) is 4.14. The van der Waals surface area contributed by atoms with Crippen LogP contribution in [0.3, 0.4) is 0 Å². The number of benzene rings is 1. The number of aryl methyl sites for hydroxylation is 1. The number of aromatic nitrogens is 4. The Morgan fingerprint density at radius 2 is 1.97 bits per heavy atom. The number of rotatable bonds is 6. The summed E-state index contributed by atoms with van der Waals surface area (Å²) in [5.41, 5.74) is 10.2. The summed E-state index contributed by atoms with van der Waals surface area (Å²) < 4.78 is 1.82. The number of pyridine rings is 2. The van der Waals surface area contributed by atoms with Crippen LogP contribution in [0.15, 0.2) is 67.1 Å². The zero-order chi connectivity index (χ0) is 20.2. The fraction of sp³-hybridized carbons (Fsp3) is 0.182. The second-order valence-electron chi connectivity index (χ2n) is 6.89. The lowest BCUT2D eigenvalue weighted by atomic mass is 10.1. The van der Waals surface area contributed by atoms with Gasteiger partial charge in [-0.1, -0.05) is 30.3 Å². The predicted octanol–water partition coefficient (Wildman–Crippen LogP) is 2.48. The maximum Gasteiger partial charge on any atom is 0.226 e. The fourth-order valence-corrected chi connectivity index (χ4v) is 3.31. The van der Waals surface area contributed by atoms with Crippen LogP contribution in [0.1, 0.15) is 23.0 Å². The lowest BCUT2D eigenvalue weighted by Crippen LogP contribution is -2.34. The lowest BCUT2D eigenvalue weighted by Gasteiger charge is -2.17. The van der Waals surface area contributed by atoms with Gasteiger partial charge in [0, 0.05) is 23.8 Å². The minimum atomic E-state index is -0.217. The minimum absolute atomic E-state index is 0.117. The number of hydrogen-bond acceptors (Lipinski definition) is 5. The van der Waals surface area contributed by atoms with Crippen LogP contribution in [0.2, 0.25) is 0 Å². The van der Waals surface area contributed by atoms with Gasteiger partial charge in [-0.15, -0.1) is 0 Å². The minimum Gasteiger partial charge on any atom is -0.348 e. The van der Waals surface area contributed by atoms with Gasteiger partial charge in [0.15, 0.2) is 0 Å². The van der Waals surface area contributed by atoms with Crippen molar-refractivity contribution in [2.45, 2.75) is 19.4 Å². The van der Waals surface area contributed by atoms with Crippen molar-refractivity contribution in [2.75, 3.05) is 6.54 Å². The smallest absolute Gasteiger partial charge is 0.226 e. The molecule has 1 aromatic carbocycles. The molecule has 3 N–H and O–H groups in total. The molecular weight excluding hydrogens is 364 g/mol. The molecule has 1 atom stereocenters. The van der Waals surface area contributed by atoms with E-state index in [0.717, 1.165) is 27.8 Å². The van der Waals surface area contributed by atoms with Crippen LogP contribution < -0.4 is 11.1 Å². The van der Waals surface area contributed by atoms with Crippen molar-refractivity contribution in [3.05, 3.63) is 84.1 Å². The molecule has 146 valence electrons. The molecule has 0 aliphatic rings. The standard InChI is InChI=1S/C22H22N6O/c1-15-9-19(7-8-24-15)28-21-14-25-18(10-17(21)13-26-28)11-22(29)27-20(12-23)16-5-3-2-4-6-16/h2-10,13-14,20H,11-12,23H2,1H3,(H,27,29). The topological polar surface area (TPSA) is 98.7 Å². The lowest BCUT2D eigenvalue weighted by molar-refractivity contribution is -0.121. The van der Waals surface area contributed by atoms with Gasteiger partial charge < -0.3 is 11.1 Å². The summed E-state index contributed by atoms with van der Waals surface area (Å²) >= 11 is 0. The molecular formula is C22H22N6O. The van der Waals surface area contributed by atoms with Gasteiger partial charge in [0.05, 0.1) is 41.8 Å². The van der Waals surface area contributed by atoms with E-state index in [9.17, 15) is 4.79 Å². The van der Waals surface area contributed by atoms with E-state index < -0.39 is 0 Å². The van der Waals surface area contributed by atoms with Gasteiger partial charge in [-0.05, 0) is 30.7 Å². The zero-order valence-corrected chi connectivity index (χ0v) is 16.1. The normalized spacial score (nSPS) is 12.1. The van der Waals surface area contributed by atoms with E-state index in [1.807, 2.05) is 60.1 Å². The van der Waals surface area contributed by atoms with Crippen molar-refractivity contribution in [2.24, 2.45) is 5.73 Å². The molecule has 0 fully saturated rings. The predicted molar refractivity (Wildman–Crippen MR) is 111 cm³/mol. The number of amides is 1. The van der Waals surface area contributed by atoms with Gasteiger partial charge in [0.2, 0.25) is 5.91 Å². The van der Waals surface area contributed by atoms with Crippen molar-refractivity contribution in [1.29, 1.82) is 0 Å². The van der Waals surface area contributed by atoms with Crippen molar-refractivity contribution in [3.63, 3.8) is 0 Å². The average molecular weight is 386 g/mol. The van der Waals surface area contributed by atoms with Crippen molar-refractivity contribution in [1.82, 2.24) is 25.1 Å². The monoisotopic (exact) mass is 386 g/mol. The molecule has 29 heavy (non-hydrogen) atoms. The van der Waals surface area contributed by atoms with Crippen molar-refractivity contribution in [3.8, 4) is 5.69 Å². The average Bonchev–Trinajstić information content (AvgIpc) is 3.16. The summed E-state index contributed by atoms with van der Waals surface area (Å²) in [4.78, 5) is 21.2. The van der Waals surface area contributed by atoms with Gasteiger partial charge in [-0.3, -0.25) is 14.8 Å². The number of carbonyl (C=O) groups is 1. The summed E-state index contributed by atoms with van der Waals surface area (Å²) in [7, 11) is 0. The van der Waals surface area contributed by atoms with E-state index >= 15 is 0 Å². The first kappa shape index (κ1) is 18.8. The molecule has 0 saturated carbocycles. The summed E-state index contributed by atoms with van der Waals surface area (Å²) in [6.45, 7) is 2.27. The molecule has 0 aliphatic carbocycles. The highest BCUT2D eigenvalue weighted by atomic mass is 16.1. The fourth-order valence-electron chi connectivity index (χ4n) is 3.31. The van der Waals surface area contributed by atoms with Crippen LogP contribution in [0, 0.1) is 6.92 Å². The first-order chi connectivity index (χ1) is 14.1.